The molecule has 0 aliphatic heterocycles. The quantitative estimate of drug-likeness (QED) is 0.730. The molecule has 0 saturated carbocycles. The highest BCUT2D eigenvalue weighted by molar-refractivity contribution is 7.88. The van der Waals surface area contributed by atoms with Crippen LogP contribution in [0, 0.1) is 0 Å². The predicted molar refractivity (Wildman–Crippen MR) is 91.3 cm³/mol. The Morgan fingerprint density at radius 1 is 1.17 bits per heavy atom. The number of amides is 1. The van der Waals surface area contributed by atoms with E-state index in [-0.39, 0.29) is 12.6 Å². The summed E-state index contributed by atoms with van der Waals surface area (Å²) in [5.74, 6) is -0.418. The predicted octanol–water partition coefficient (Wildman–Crippen LogP) is 0.894. The molecule has 0 fully saturated rings. The summed E-state index contributed by atoms with van der Waals surface area (Å²) in [6.45, 7) is 1.71. The lowest BCUT2D eigenvalue weighted by molar-refractivity contribution is -0.123. The van der Waals surface area contributed by atoms with Gasteiger partial charge in [-0.05, 0) is 29.3 Å². The molecule has 2 rings (SSSR count). The van der Waals surface area contributed by atoms with Gasteiger partial charge >= 0.3 is 0 Å². The first-order chi connectivity index (χ1) is 10.8. The van der Waals surface area contributed by atoms with Gasteiger partial charge in [0, 0.05) is 6.54 Å². The van der Waals surface area contributed by atoms with Gasteiger partial charge in [0.25, 0.3) is 0 Å². The Hall–Kier alpha value is -1.96. The molecule has 4 N–H and O–H groups in total. The number of carbonyl (C=O) groups is 1. The van der Waals surface area contributed by atoms with Crippen molar-refractivity contribution in [2.24, 2.45) is 5.73 Å². The van der Waals surface area contributed by atoms with Crippen LogP contribution in [0.5, 0.6) is 0 Å². The summed E-state index contributed by atoms with van der Waals surface area (Å²) in [6, 6.07) is 12.5. The molecule has 0 aliphatic carbocycles. The molecule has 2 aromatic rings. The van der Waals surface area contributed by atoms with Gasteiger partial charge in [0.1, 0.15) is 0 Å². The summed E-state index contributed by atoms with van der Waals surface area (Å²) in [6.07, 6.45) is 1.01. The number of hydrogen-bond donors (Lipinski definition) is 3. The number of nitrogens with two attached hydrogens (primary N) is 1. The van der Waals surface area contributed by atoms with E-state index in [9.17, 15) is 13.2 Å². The highest BCUT2D eigenvalue weighted by Crippen LogP contribution is 2.20. The van der Waals surface area contributed by atoms with Crippen LogP contribution in [0.2, 0.25) is 0 Å². The number of rotatable bonds is 6. The summed E-state index contributed by atoms with van der Waals surface area (Å²) in [7, 11) is -3.45. The van der Waals surface area contributed by atoms with Gasteiger partial charge in [-0.25, -0.2) is 13.1 Å². The van der Waals surface area contributed by atoms with Crippen LogP contribution < -0.4 is 15.8 Å². The van der Waals surface area contributed by atoms with Crippen molar-refractivity contribution in [3.05, 3.63) is 48.0 Å². The molecule has 7 heteroatoms. The molecule has 2 aromatic carbocycles. The van der Waals surface area contributed by atoms with E-state index in [4.69, 9.17) is 5.73 Å². The lowest BCUT2D eigenvalue weighted by Gasteiger charge is -2.20. The first-order valence-electron chi connectivity index (χ1n) is 7.26. The molecule has 0 aromatic heterocycles. The Balaban J connectivity index is 2.16. The zero-order valence-corrected chi connectivity index (χ0v) is 13.9. The highest BCUT2D eigenvalue weighted by atomic mass is 32.2. The zero-order chi connectivity index (χ0) is 17.0. The third kappa shape index (κ3) is 4.75. The van der Waals surface area contributed by atoms with Crippen molar-refractivity contribution in [2.45, 2.75) is 19.0 Å². The Kier molecular flexibility index (Phi) is 5.35. The number of hydrogen-bond acceptors (Lipinski definition) is 4. The average Bonchev–Trinajstić information content (AvgIpc) is 2.50. The molecule has 2 atom stereocenters. The van der Waals surface area contributed by atoms with E-state index in [2.05, 4.69) is 10.0 Å². The van der Waals surface area contributed by atoms with Crippen molar-refractivity contribution in [2.75, 3.05) is 12.8 Å². The van der Waals surface area contributed by atoms with Gasteiger partial charge in [0.15, 0.2) is 0 Å². The third-order valence-corrected chi connectivity index (χ3v) is 4.29. The van der Waals surface area contributed by atoms with E-state index in [1.165, 1.54) is 6.92 Å². The topological polar surface area (TPSA) is 101 Å². The maximum absolute atomic E-state index is 12.1. The van der Waals surface area contributed by atoms with Gasteiger partial charge in [0.2, 0.25) is 15.9 Å². The van der Waals surface area contributed by atoms with Crippen molar-refractivity contribution in [3.63, 3.8) is 0 Å². The van der Waals surface area contributed by atoms with E-state index in [0.717, 1.165) is 22.6 Å². The number of benzene rings is 2. The third-order valence-electron chi connectivity index (χ3n) is 3.51. The molecule has 0 aliphatic rings. The van der Waals surface area contributed by atoms with Crippen molar-refractivity contribution in [1.82, 2.24) is 10.0 Å². The van der Waals surface area contributed by atoms with E-state index in [1.807, 2.05) is 42.5 Å². The molecule has 1 amide bonds. The van der Waals surface area contributed by atoms with Crippen LogP contribution in [0.15, 0.2) is 42.5 Å². The van der Waals surface area contributed by atoms with E-state index in [1.54, 1.807) is 0 Å². The summed E-state index contributed by atoms with van der Waals surface area (Å²) in [5, 5.41) is 4.94. The Morgan fingerprint density at radius 3 is 2.43 bits per heavy atom. The first kappa shape index (κ1) is 17.4. The van der Waals surface area contributed by atoms with Gasteiger partial charge in [-0.15, -0.1) is 0 Å². The molecule has 124 valence electrons. The fourth-order valence-corrected chi connectivity index (χ4v) is 3.12. The summed E-state index contributed by atoms with van der Waals surface area (Å²) in [4.78, 5) is 12.1. The van der Waals surface area contributed by atoms with E-state index in [0.29, 0.717) is 0 Å². The van der Waals surface area contributed by atoms with Crippen LogP contribution in [0.4, 0.5) is 0 Å². The lowest BCUT2D eigenvalue weighted by atomic mass is 10.0. The Morgan fingerprint density at radius 2 is 1.83 bits per heavy atom. The molecule has 0 radical (unpaired) electrons. The minimum atomic E-state index is -3.45. The normalized spacial score (nSPS) is 14.4. The van der Waals surface area contributed by atoms with Gasteiger partial charge in [-0.2, -0.15) is 0 Å². The van der Waals surface area contributed by atoms with Crippen molar-refractivity contribution in [3.8, 4) is 0 Å². The fraction of sp³-hybridized carbons (Fsp3) is 0.312. The van der Waals surface area contributed by atoms with Crippen LogP contribution in [0.3, 0.4) is 0 Å². The van der Waals surface area contributed by atoms with Crippen molar-refractivity contribution < 1.29 is 13.2 Å². The Bertz CT molecular complexity index is 805. The maximum Gasteiger partial charge on any atom is 0.238 e. The van der Waals surface area contributed by atoms with Crippen LogP contribution in [-0.4, -0.2) is 33.2 Å². The standard InChI is InChI=1S/C16H21N3O3S/c1-11(19-23(2,21)22)16(20)18-15(10-17)14-8-7-12-5-3-4-6-13(12)9-14/h3-9,11,15,19H,10,17H2,1-2H3,(H,18,20). The van der Waals surface area contributed by atoms with Crippen LogP contribution >= 0.6 is 0 Å². The first-order valence-corrected chi connectivity index (χ1v) is 9.16. The number of sulfonamides is 1. The van der Waals surface area contributed by atoms with E-state index < -0.39 is 22.0 Å². The van der Waals surface area contributed by atoms with Crippen LogP contribution in [0.1, 0.15) is 18.5 Å². The maximum atomic E-state index is 12.1. The minimum absolute atomic E-state index is 0.218. The molecular weight excluding hydrogens is 314 g/mol. The number of nitrogens with one attached hydrogen (secondary N) is 2. The van der Waals surface area contributed by atoms with Crippen LogP contribution in [-0.2, 0) is 14.8 Å². The average molecular weight is 335 g/mol. The summed E-state index contributed by atoms with van der Waals surface area (Å²) < 4.78 is 24.7. The van der Waals surface area contributed by atoms with Gasteiger partial charge in [-0.3, -0.25) is 4.79 Å². The number of fused-ring (bicyclic) bond motifs is 1. The summed E-state index contributed by atoms with van der Waals surface area (Å²) in [5.41, 5.74) is 6.65. The molecule has 0 saturated heterocycles. The fourth-order valence-electron chi connectivity index (χ4n) is 2.37. The second kappa shape index (κ2) is 7.08. The molecule has 0 spiro atoms. The van der Waals surface area contributed by atoms with E-state index >= 15 is 0 Å². The molecule has 6 nitrogen and oxygen atoms in total. The van der Waals surface area contributed by atoms with Crippen molar-refractivity contribution >= 4 is 26.7 Å². The molecular formula is C16H21N3O3S. The van der Waals surface area contributed by atoms with Gasteiger partial charge in [0.05, 0.1) is 18.3 Å². The highest BCUT2D eigenvalue weighted by Gasteiger charge is 2.20. The second-order valence-electron chi connectivity index (χ2n) is 5.52. The molecule has 2 unspecified atom stereocenters. The Labute approximate surface area is 136 Å². The smallest absolute Gasteiger partial charge is 0.238 e. The number of carbonyl (C=O) groups excluding carboxylic acids is 1. The van der Waals surface area contributed by atoms with Gasteiger partial charge < -0.3 is 11.1 Å². The SMILES string of the molecule is CC(NS(C)(=O)=O)C(=O)NC(CN)c1ccc2ccccc2c1. The van der Waals surface area contributed by atoms with Crippen molar-refractivity contribution in [1.29, 1.82) is 0 Å². The largest absolute Gasteiger partial charge is 0.347 e. The zero-order valence-electron chi connectivity index (χ0n) is 13.1. The summed E-state index contributed by atoms with van der Waals surface area (Å²) >= 11 is 0. The molecule has 0 heterocycles. The monoisotopic (exact) mass is 335 g/mol. The minimum Gasteiger partial charge on any atom is -0.347 e. The van der Waals surface area contributed by atoms with Crippen LogP contribution in [0.25, 0.3) is 10.8 Å². The molecule has 0 bridgehead atoms. The lowest BCUT2D eigenvalue weighted by Crippen LogP contribution is -2.46. The molecule has 23 heavy (non-hydrogen) atoms. The van der Waals surface area contributed by atoms with Gasteiger partial charge in [-0.1, -0.05) is 36.4 Å². The second-order valence-corrected chi connectivity index (χ2v) is 7.30.